The molecule has 0 aliphatic heterocycles. The minimum absolute atomic E-state index is 0.135. The number of carboxylic acid groups (broad SMARTS) is 1. The van der Waals surface area contributed by atoms with Crippen LogP contribution >= 0.6 is 0 Å². The van der Waals surface area contributed by atoms with Gasteiger partial charge in [0.2, 0.25) is 23.7 Å². The van der Waals surface area contributed by atoms with Gasteiger partial charge >= 0.3 is 0 Å². The zero-order chi connectivity index (χ0) is 23.1. The van der Waals surface area contributed by atoms with Crippen LogP contribution in [0.15, 0.2) is 4.79 Å². The Balaban J connectivity index is 0. The van der Waals surface area contributed by atoms with E-state index >= 15 is 0 Å². The van der Waals surface area contributed by atoms with Crippen molar-refractivity contribution in [2.75, 3.05) is 10.2 Å². The van der Waals surface area contributed by atoms with Crippen molar-refractivity contribution in [3.8, 4) is 0 Å². The molecule has 0 saturated carbocycles. The van der Waals surface area contributed by atoms with E-state index in [1.807, 2.05) is 0 Å². The Morgan fingerprint density at radius 1 is 1.07 bits per heavy atom. The quantitative estimate of drug-likeness (QED) is 0.608. The Morgan fingerprint density at radius 3 is 1.83 bits per heavy atom. The van der Waals surface area contributed by atoms with Crippen molar-refractivity contribution in [1.29, 1.82) is 0 Å². The highest BCUT2D eigenvalue weighted by Gasteiger charge is 2.24. The van der Waals surface area contributed by atoms with Crippen molar-refractivity contribution in [3.63, 3.8) is 0 Å². The number of anilines is 2. The molecule has 1 rings (SSSR count). The lowest BCUT2D eigenvalue weighted by Gasteiger charge is -2.19. The predicted octanol–water partition coefficient (Wildman–Crippen LogP) is 1.27. The minimum Gasteiger partial charge on any atom is -0.481 e. The lowest BCUT2D eigenvalue weighted by atomic mass is 10.2. The minimum atomic E-state index is -0.833. The largest absolute Gasteiger partial charge is 0.481 e. The number of hydrogen-bond acceptors (Lipinski definition) is 7. The van der Waals surface area contributed by atoms with Crippen LogP contribution in [0.3, 0.4) is 0 Å². The fourth-order valence-corrected chi connectivity index (χ4v) is 1.68. The molecule has 1 aromatic heterocycles. The number of nitrogens with one attached hydrogen (secondary N) is 2. The summed E-state index contributed by atoms with van der Waals surface area (Å²) in [5.41, 5.74) is -0.854. The lowest BCUT2D eigenvalue weighted by Crippen LogP contribution is -2.37. The zero-order valence-corrected chi connectivity index (χ0v) is 17.5. The molecule has 1 aromatic rings. The van der Waals surface area contributed by atoms with Crippen molar-refractivity contribution < 1.29 is 29.1 Å². The first-order chi connectivity index (χ1) is 13.4. The number of rotatable bonds is 5. The van der Waals surface area contributed by atoms with Gasteiger partial charge in [-0.1, -0.05) is 26.7 Å². The van der Waals surface area contributed by atoms with E-state index < -0.39 is 29.3 Å². The number of aldehydes is 1. The molecule has 0 radical (unpaired) electrons. The van der Waals surface area contributed by atoms with Crippen LogP contribution < -0.4 is 15.8 Å². The third-order valence-corrected chi connectivity index (χ3v) is 2.92. The first-order valence-corrected chi connectivity index (χ1v) is 8.77. The molecule has 0 atom stereocenters. The first kappa shape index (κ1) is 27.8. The molecule has 1 heterocycles. The van der Waals surface area contributed by atoms with Crippen LogP contribution in [0.5, 0.6) is 0 Å². The zero-order valence-electron chi connectivity index (χ0n) is 17.5. The van der Waals surface area contributed by atoms with Crippen LogP contribution in [-0.4, -0.2) is 45.1 Å². The van der Waals surface area contributed by atoms with Crippen LogP contribution in [0, 0.1) is 0 Å². The first-order valence-electron chi connectivity index (χ1n) is 8.77. The number of carboxylic acids is 1. The fourth-order valence-electron chi connectivity index (χ4n) is 1.68. The van der Waals surface area contributed by atoms with Crippen LogP contribution in [0.4, 0.5) is 11.8 Å². The number of aliphatic carboxylic acids is 1. The number of amides is 3. The number of unbranched alkanes of at least 4 members (excludes halogenated alkanes) is 1. The second-order valence-corrected chi connectivity index (χ2v) is 5.66. The SMILES string of the molecule is CC(=O)Nc1nc(N(C(C)=O)C(C)=O)c(CC=O)c(=O)[nH]1.CC(=O)O.CCCC. The highest BCUT2D eigenvalue weighted by atomic mass is 16.4. The molecule has 0 fully saturated rings. The standard InChI is InChI=1S/C12H14N4O5.C4H10.C2H4O2/c1-6(18)13-12-14-10(16(7(2)19)8(3)20)9(4-5-17)11(21)15-12;1-3-4-2;1-2(3)4/h5H,4H2,1-3H3,(H2,13,14,15,18,21);3-4H2,1-2H3;1H3,(H,3,4). The monoisotopic (exact) mass is 412 g/mol. The third kappa shape index (κ3) is 11.8. The molecule has 0 unspecified atom stereocenters. The summed E-state index contributed by atoms with van der Waals surface area (Å²) in [6, 6.07) is 0. The number of aromatic amines is 1. The van der Waals surface area contributed by atoms with E-state index in [9.17, 15) is 24.0 Å². The second kappa shape index (κ2) is 14.7. The van der Waals surface area contributed by atoms with Crippen molar-refractivity contribution >= 4 is 41.7 Å². The molecule has 11 nitrogen and oxygen atoms in total. The predicted molar refractivity (Wildman–Crippen MR) is 107 cm³/mol. The van der Waals surface area contributed by atoms with Gasteiger partial charge in [-0.15, -0.1) is 0 Å². The number of hydrogen-bond donors (Lipinski definition) is 3. The Morgan fingerprint density at radius 2 is 1.52 bits per heavy atom. The molecule has 29 heavy (non-hydrogen) atoms. The van der Waals surface area contributed by atoms with Crippen LogP contribution in [0.25, 0.3) is 0 Å². The third-order valence-electron chi connectivity index (χ3n) is 2.92. The van der Waals surface area contributed by atoms with Crippen LogP contribution in [0.2, 0.25) is 0 Å². The highest BCUT2D eigenvalue weighted by Crippen LogP contribution is 2.17. The summed E-state index contributed by atoms with van der Waals surface area (Å²) in [7, 11) is 0. The van der Waals surface area contributed by atoms with Gasteiger partial charge in [-0.25, -0.2) is 4.90 Å². The van der Waals surface area contributed by atoms with Gasteiger partial charge in [-0.05, 0) is 0 Å². The molecular formula is C18H28N4O7. The summed E-state index contributed by atoms with van der Waals surface area (Å²) in [6.45, 7) is 8.88. The maximum absolute atomic E-state index is 11.9. The summed E-state index contributed by atoms with van der Waals surface area (Å²) in [4.78, 5) is 72.5. The van der Waals surface area contributed by atoms with Gasteiger partial charge in [0.05, 0.1) is 5.56 Å². The van der Waals surface area contributed by atoms with Gasteiger partial charge in [0, 0.05) is 34.1 Å². The Hall–Kier alpha value is -3.37. The van der Waals surface area contributed by atoms with Gasteiger partial charge in [-0.2, -0.15) is 4.98 Å². The van der Waals surface area contributed by atoms with E-state index in [1.165, 1.54) is 19.8 Å². The van der Waals surface area contributed by atoms with Crippen LogP contribution in [-0.2, 0) is 30.4 Å². The van der Waals surface area contributed by atoms with Gasteiger partial charge < -0.3 is 9.90 Å². The number of imide groups is 1. The van der Waals surface area contributed by atoms with E-state index in [-0.39, 0.29) is 23.8 Å². The Kier molecular flexibility index (Phi) is 14.1. The molecular weight excluding hydrogens is 384 g/mol. The van der Waals surface area contributed by atoms with Crippen molar-refractivity contribution in [1.82, 2.24) is 9.97 Å². The Bertz CT molecular complexity index is 767. The van der Waals surface area contributed by atoms with Gasteiger partial charge in [0.15, 0.2) is 5.82 Å². The number of H-pyrrole nitrogens is 1. The van der Waals surface area contributed by atoms with Crippen molar-refractivity contribution in [2.24, 2.45) is 0 Å². The summed E-state index contributed by atoms with van der Waals surface area (Å²) >= 11 is 0. The van der Waals surface area contributed by atoms with E-state index in [4.69, 9.17) is 9.90 Å². The Labute approximate surface area is 168 Å². The molecule has 0 aromatic carbocycles. The summed E-state index contributed by atoms with van der Waals surface area (Å²) in [5.74, 6) is -3.15. The molecule has 162 valence electrons. The molecule has 11 heteroatoms. The van der Waals surface area contributed by atoms with E-state index in [0.29, 0.717) is 11.2 Å². The highest BCUT2D eigenvalue weighted by molar-refractivity contribution is 6.13. The van der Waals surface area contributed by atoms with Gasteiger partial charge in [0.1, 0.15) is 6.29 Å². The number of nitrogens with zero attached hydrogens (tertiary/aromatic N) is 2. The van der Waals surface area contributed by atoms with Crippen molar-refractivity contribution in [3.05, 3.63) is 15.9 Å². The molecule has 0 saturated heterocycles. The molecule has 0 spiro atoms. The average Bonchev–Trinajstić information content (AvgIpc) is 2.56. The van der Waals surface area contributed by atoms with E-state index in [2.05, 4.69) is 29.1 Å². The van der Waals surface area contributed by atoms with E-state index in [1.54, 1.807) is 0 Å². The van der Waals surface area contributed by atoms with Gasteiger partial charge in [-0.3, -0.25) is 34.3 Å². The van der Waals surface area contributed by atoms with Crippen molar-refractivity contribution in [2.45, 2.75) is 60.8 Å². The molecule has 0 aliphatic rings. The second-order valence-electron chi connectivity index (χ2n) is 5.66. The van der Waals surface area contributed by atoms with Gasteiger partial charge in [0.25, 0.3) is 11.5 Å². The smallest absolute Gasteiger partial charge is 0.300 e. The molecule has 3 amide bonds. The normalized spacial score (nSPS) is 9.03. The summed E-state index contributed by atoms with van der Waals surface area (Å²) < 4.78 is 0. The maximum Gasteiger partial charge on any atom is 0.300 e. The summed E-state index contributed by atoms with van der Waals surface area (Å²) in [5, 5.41) is 9.66. The lowest BCUT2D eigenvalue weighted by molar-refractivity contribution is -0.134. The number of carbonyl (C=O) groups is 5. The summed E-state index contributed by atoms with van der Waals surface area (Å²) in [6.07, 6.45) is 2.77. The average molecular weight is 412 g/mol. The number of aromatic nitrogens is 2. The molecule has 0 bridgehead atoms. The molecule has 3 N–H and O–H groups in total. The topological polar surface area (TPSA) is 167 Å². The molecule has 0 aliphatic carbocycles. The van der Waals surface area contributed by atoms with E-state index in [0.717, 1.165) is 20.8 Å². The fraction of sp³-hybridized carbons (Fsp3) is 0.500. The van der Waals surface area contributed by atoms with Crippen LogP contribution in [0.1, 0.15) is 59.9 Å². The maximum atomic E-state index is 11.9. The number of carbonyl (C=O) groups excluding carboxylic acids is 4.